The van der Waals surface area contributed by atoms with Crippen molar-refractivity contribution in [2.45, 2.75) is 13.5 Å². The van der Waals surface area contributed by atoms with Gasteiger partial charge in [0, 0.05) is 6.54 Å². The van der Waals surface area contributed by atoms with Crippen LogP contribution in [0.2, 0.25) is 0 Å². The lowest BCUT2D eigenvalue weighted by Crippen LogP contribution is -2.33. The minimum Gasteiger partial charge on any atom is -0.465 e. The summed E-state index contributed by atoms with van der Waals surface area (Å²) in [7, 11) is 1.32. The molecule has 0 fully saturated rings. The number of nitrogens with zero attached hydrogens (tertiary/aromatic N) is 1. The normalized spacial score (nSPS) is 10.5. The number of carbonyl (C=O) groups is 2. The molecular weight excluding hydrogens is 304 g/mol. The molecule has 0 bridgehead atoms. The third-order valence-corrected chi connectivity index (χ3v) is 3.67. The third kappa shape index (κ3) is 4.93. The first-order valence-corrected chi connectivity index (χ1v) is 7.87. The molecule has 1 N–H and O–H groups in total. The van der Waals surface area contributed by atoms with Gasteiger partial charge < -0.3 is 10.1 Å². The molecule has 0 saturated heterocycles. The van der Waals surface area contributed by atoms with Crippen LogP contribution in [0.4, 0.5) is 5.69 Å². The second kappa shape index (κ2) is 8.84. The van der Waals surface area contributed by atoms with Crippen molar-refractivity contribution in [2.75, 3.05) is 25.5 Å². The van der Waals surface area contributed by atoms with Crippen molar-refractivity contribution in [3.05, 3.63) is 65.7 Å². The van der Waals surface area contributed by atoms with Gasteiger partial charge in [-0.2, -0.15) is 0 Å². The average molecular weight is 326 g/mol. The van der Waals surface area contributed by atoms with Crippen LogP contribution in [0, 0.1) is 0 Å². The molecule has 2 rings (SSSR count). The van der Waals surface area contributed by atoms with Crippen molar-refractivity contribution in [1.29, 1.82) is 0 Å². The number of hydrogen-bond donors (Lipinski definition) is 1. The Morgan fingerprint density at radius 3 is 2.38 bits per heavy atom. The zero-order valence-corrected chi connectivity index (χ0v) is 14.0. The van der Waals surface area contributed by atoms with E-state index < -0.39 is 5.97 Å². The van der Waals surface area contributed by atoms with Gasteiger partial charge in [-0.1, -0.05) is 49.4 Å². The van der Waals surface area contributed by atoms with Gasteiger partial charge in [0.05, 0.1) is 24.9 Å². The molecule has 24 heavy (non-hydrogen) atoms. The molecule has 2 aromatic rings. The molecule has 2 aromatic carbocycles. The molecule has 0 saturated carbocycles. The zero-order valence-electron chi connectivity index (χ0n) is 14.0. The van der Waals surface area contributed by atoms with Gasteiger partial charge in [-0.15, -0.1) is 0 Å². The number of rotatable bonds is 7. The first-order chi connectivity index (χ1) is 11.6. The highest BCUT2D eigenvalue weighted by atomic mass is 16.5. The minimum absolute atomic E-state index is 0.163. The van der Waals surface area contributed by atoms with E-state index in [2.05, 4.69) is 5.32 Å². The molecule has 0 aliphatic heterocycles. The number of carbonyl (C=O) groups excluding carboxylic acids is 2. The van der Waals surface area contributed by atoms with Crippen molar-refractivity contribution >= 4 is 17.6 Å². The van der Waals surface area contributed by atoms with Crippen LogP contribution in [0.5, 0.6) is 0 Å². The largest absolute Gasteiger partial charge is 0.465 e. The summed E-state index contributed by atoms with van der Waals surface area (Å²) in [4.78, 5) is 26.1. The van der Waals surface area contributed by atoms with Crippen molar-refractivity contribution in [3.8, 4) is 0 Å². The Morgan fingerprint density at radius 2 is 1.71 bits per heavy atom. The minimum atomic E-state index is -0.470. The van der Waals surface area contributed by atoms with Crippen LogP contribution >= 0.6 is 0 Å². The lowest BCUT2D eigenvalue weighted by molar-refractivity contribution is -0.117. The number of esters is 1. The van der Waals surface area contributed by atoms with E-state index in [0.717, 1.165) is 12.1 Å². The van der Waals surface area contributed by atoms with Gasteiger partial charge >= 0.3 is 5.97 Å². The summed E-state index contributed by atoms with van der Waals surface area (Å²) in [6.45, 7) is 3.71. The van der Waals surface area contributed by atoms with E-state index in [1.54, 1.807) is 24.3 Å². The summed E-state index contributed by atoms with van der Waals surface area (Å²) >= 11 is 0. The number of methoxy groups -OCH3 is 1. The zero-order chi connectivity index (χ0) is 17.4. The van der Waals surface area contributed by atoms with Crippen LogP contribution in [-0.4, -0.2) is 37.0 Å². The second-order valence-electron chi connectivity index (χ2n) is 5.37. The van der Waals surface area contributed by atoms with Crippen LogP contribution in [0.1, 0.15) is 22.8 Å². The van der Waals surface area contributed by atoms with Gasteiger partial charge in [-0.05, 0) is 24.2 Å². The molecule has 0 aromatic heterocycles. The Labute approximate surface area is 142 Å². The summed E-state index contributed by atoms with van der Waals surface area (Å²) in [5, 5.41) is 2.79. The van der Waals surface area contributed by atoms with Gasteiger partial charge in [0.15, 0.2) is 0 Å². The SMILES string of the molecule is CCN(CC(=O)Nc1ccccc1C(=O)OC)Cc1ccccc1. The Bertz CT molecular complexity index is 686. The summed E-state index contributed by atoms with van der Waals surface area (Å²) in [5.41, 5.74) is 1.96. The van der Waals surface area contributed by atoms with Gasteiger partial charge in [-0.25, -0.2) is 4.79 Å². The maximum atomic E-state index is 12.3. The van der Waals surface area contributed by atoms with Crippen LogP contribution < -0.4 is 5.32 Å². The number of para-hydroxylation sites is 1. The molecule has 0 aliphatic carbocycles. The summed E-state index contributed by atoms with van der Waals surface area (Å²) in [6.07, 6.45) is 0. The van der Waals surface area contributed by atoms with Crippen molar-refractivity contribution in [1.82, 2.24) is 4.90 Å². The Kier molecular flexibility index (Phi) is 6.51. The van der Waals surface area contributed by atoms with Gasteiger partial charge in [0.2, 0.25) is 5.91 Å². The number of ether oxygens (including phenoxy) is 1. The number of hydrogen-bond acceptors (Lipinski definition) is 4. The van der Waals surface area contributed by atoms with Crippen molar-refractivity contribution in [2.24, 2.45) is 0 Å². The number of benzene rings is 2. The van der Waals surface area contributed by atoms with Crippen molar-refractivity contribution in [3.63, 3.8) is 0 Å². The maximum Gasteiger partial charge on any atom is 0.339 e. The first-order valence-electron chi connectivity index (χ1n) is 7.87. The van der Waals surface area contributed by atoms with E-state index in [9.17, 15) is 9.59 Å². The highest BCUT2D eigenvalue weighted by Gasteiger charge is 2.15. The highest BCUT2D eigenvalue weighted by molar-refractivity contribution is 6.01. The number of nitrogens with one attached hydrogen (secondary N) is 1. The summed E-state index contributed by atoms with van der Waals surface area (Å²) < 4.78 is 4.74. The lowest BCUT2D eigenvalue weighted by atomic mass is 10.1. The van der Waals surface area contributed by atoms with E-state index in [4.69, 9.17) is 4.74 Å². The first kappa shape index (κ1) is 17.7. The monoisotopic (exact) mass is 326 g/mol. The molecule has 126 valence electrons. The van der Waals surface area contributed by atoms with E-state index >= 15 is 0 Å². The average Bonchev–Trinajstić information content (AvgIpc) is 2.61. The molecule has 0 unspecified atom stereocenters. The van der Waals surface area contributed by atoms with Gasteiger partial charge in [0.1, 0.15) is 0 Å². The fourth-order valence-electron chi connectivity index (χ4n) is 2.39. The lowest BCUT2D eigenvalue weighted by Gasteiger charge is -2.20. The van der Waals surface area contributed by atoms with Gasteiger partial charge in [-0.3, -0.25) is 9.69 Å². The summed E-state index contributed by atoms with van der Waals surface area (Å²) in [6, 6.07) is 16.8. The van der Waals surface area contributed by atoms with Crippen LogP contribution in [0.25, 0.3) is 0 Å². The molecule has 0 radical (unpaired) electrons. The third-order valence-electron chi connectivity index (χ3n) is 3.67. The number of anilines is 1. The molecule has 0 atom stereocenters. The Morgan fingerprint density at radius 1 is 1.04 bits per heavy atom. The second-order valence-corrected chi connectivity index (χ2v) is 5.37. The molecule has 5 heteroatoms. The van der Waals surface area contributed by atoms with E-state index in [1.807, 2.05) is 42.2 Å². The topological polar surface area (TPSA) is 58.6 Å². The number of likely N-dealkylation sites (N-methyl/N-ethyl adjacent to an activating group) is 1. The van der Waals surface area contributed by atoms with Gasteiger partial charge in [0.25, 0.3) is 0 Å². The maximum absolute atomic E-state index is 12.3. The predicted octanol–water partition coefficient (Wildman–Crippen LogP) is 2.93. The van der Waals surface area contributed by atoms with E-state index in [-0.39, 0.29) is 12.5 Å². The molecule has 1 amide bonds. The van der Waals surface area contributed by atoms with Crippen molar-refractivity contribution < 1.29 is 14.3 Å². The molecule has 5 nitrogen and oxygen atoms in total. The fraction of sp³-hybridized carbons (Fsp3) is 0.263. The molecule has 0 aliphatic rings. The van der Waals surface area contributed by atoms with Crippen LogP contribution in [-0.2, 0) is 16.1 Å². The smallest absolute Gasteiger partial charge is 0.339 e. The number of amides is 1. The highest BCUT2D eigenvalue weighted by Crippen LogP contribution is 2.16. The summed E-state index contributed by atoms with van der Waals surface area (Å²) in [5.74, 6) is -0.633. The van der Waals surface area contributed by atoms with Crippen LogP contribution in [0.3, 0.4) is 0 Å². The molecule has 0 heterocycles. The Balaban J connectivity index is 2.01. The van der Waals surface area contributed by atoms with E-state index in [1.165, 1.54) is 7.11 Å². The Hall–Kier alpha value is -2.66. The fourth-order valence-corrected chi connectivity index (χ4v) is 2.39. The molecule has 0 spiro atoms. The quantitative estimate of drug-likeness (QED) is 0.795. The van der Waals surface area contributed by atoms with E-state index in [0.29, 0.717) is 17.8 Å². The predicted molar refractivity (Wildman–Crippen MR) is 93.8 cm³/mol. The van der Waals surface area contributed by atoms with Crippen LogP contribution in [0.15, 0.2) is 54.6 Å². The molecular formula is C19H22N2O3. The standard InChI is InChI=1S/C19H22N2O3/c1-3-21(13-15-9-5-4-6-10-15)14-18(22)20-17-12-8-7-11-16(17)19(23)24-2/h4-12H,3,13-14H2,1-2H3,(H,20,22).